The molecule has 206 valence electrons. The molecule has 1 aliphatic rings. The summed E-state index contributed by atoms with van der Waals surface area (Å²) >= 11 is 4.61. The van der Waals surface area contributed by atoms with E-state index in [9.17, 15) is 9.18 Å². The molecule has 5 rings (SSSR count). The van der Waals surface area contributed by atoms with Crippen molar-refractivity contribution in [3.05, 3.63) is 65.9 Å². The lowest BCUT2D eigenvalue weighted by Gasteiger charge is -2.29. The predicted octanol–water partition coefficient (Wildman–Crippen LogP) is 5.66. The molecular weight excluding hydrogens is 522 g/mol. The molecule has 4 heterocycles. The minimum absolute atomic E-state index is 0.0557. The quantitative estimate of drug-likeness (QED) is 0.238. The minimum Gasteiger partial charge on any atom is -0.376 e. The molecule has 0 unspecified atom stereocenters. The number of aryl methyl sites for hydroxylation is 1. The molecule has 2 atom stereocenters. The van der Waals surface area contributed by atoms with E-state index in [1.165, 1.54) is 6.07 Å². The van der Waals surface area contributed by atoms with Crippen molar-refractivity contribution < 1.29 is 18.3 Å². The Balaban J connectivity index is 1.53. The first-order chi connectivity index (χ1) is 18.5. The van der Waals surface area contributed by atoms with Crippen LogP contribution in [0, 0.1) is 18.7 Å². The lowest BCUT2D eigenvalue weighted by Crippen LogP contribution is -2.35. The number of benzene rings is 1. The number of aromatic nitrogens is 4. The molecule has 1 saturated heterocycles. The Morgan fingerprint density at radius 1 is 1.28 bits per heavy atom. The number of anilines is 2. The van der Waals surface area contributed by atoms with E-state index in [2.05, 4.69) is 39.9 Å². The summed E-state index contributed by atoms with van der Waals surface area (Å²) in [4.78, 5) is 19.7. The van der Waals surface area contributed by atoms with Crippen molar-refractivity contribution in [2.75, 3.05) is 22.7 Å². The Morgan fingerprint density at radius 3 is 2.69 bits per heavy atom. The Bertz CT molecular complexity index is 1540. The van der Waals surface area contributed by atoms with Crippen LogP contribution in [0.25, 0.3) is 16.8 Å². The smallest absolute Gasteiger partial charge is 0.262 e. The van der Waals surface area contributed by atoms with Crippen LogP contribution < -0.4 is 10.2 Å². The predicted molar refractivity (Wildman–Crippen MR) is 151 cm³/mol. The van der Waals surface area contributed by atoms with E-state index in [0.29, 0.717) is 23.6 Å². The Morgan fingerprint density at radius 2 is 2.05 bits per heavy atom. The van der Waals surface area contributed by atoms with E-state index in [4.69, 9.17) is 4.74 Å². The van der Waals surface area contributed by atoms with Crippen molar-refractivity contribution in [3.8, 4) is 11.1 Å². The maximum atomic E-state index is 15.0. The maximum Gasteiger partial charge on any atom is 0.262 e. The number of fused-ring (bicyclic) bond motifs is 1. The number of thiol groups is 1. The molecule has 0 spiro atoms. The number of ether oxygens (including phenoxy) is 1. The summed E-state index contributed by atoms with van der Waals surface area (Å²) in [5.74, 6) is -1.71. The van der Waals surface area contributed by atoms with Crippen LogP contribution in [-0.4, -0.2) is 49.7 Å². The van der Waals surface area contributed by atoms with Gasteiger partial charge in [0.15, 0.2) is 5.65 Å². The average Bonchev–Trinajstić information content (AvgIpc) is 3.60. The van der Waals surface area contributed by atoms with Gasteiger partial charge in [0, 0.05) is 24.2 Å². The van der Waals surface area contributed by atoms with Crippen LogP contribution >= 0.6 is 12.6 Å². The highest BCUT2D eigenvalue weighted by Gasteiger charge is 2.29. The number of pyridine rings is 1. The first-order valence-electron chi connectivity index (χ1n) is 12.8. The van der Waals surface area contributed by atoms with Gasteiger partial charge in [0.25, 0.3) is 5.91 Å². The number of carbonyl (C=O) groups is 1. The Kier molecular flexibility index (Phi) is 7.15. The van der Waals surface area contributed by atoms with Crippen LogP contribution in [0.2, 0.25) is 0 Å². The third-order valence-corrected chi connectivity index (χ3v) is 7.32. The zero-order valence-corrected chi connectivity index (χ0v) is 23.5. The standard InChI is InChI=1S/C28H32F2N6O2S/c1-16-8-22(29)23(33-27(37)21-12-32-36(25(21)30)28(3,4)5)11-20(16)18-10-24(26-31-6-7-34(26)13-18)35(15-39)19-9-17(2)38-14-19/h6-8,10-13,17,19,39H,9,14-15H2,1-5H3,(H,33,37)/t17-,19-/m0/s1. The van der Waals surface area contributed by atoms with Gasteiger partial charge in [-0.25, -0.2) is 14.1 Å². The summed E-state index contributed by atoms with van der Waals surface area (Å²) in [6.07, 6.45) is 7.66. The minimum atomic E-state index is -0.779. The van der Waals surface area contributed by atoms with Crippen molar-refractivity contribution in [2.24, 2.45) is 0 Å². The molecule has 0 aliphatic carbocycles. The Labute approximate surface area is 231 Å². The summed E-state index contributed by atoms with van der Waals surface area (Å²) in [5.41, 5.74) is 2.87. The van der Waals surface area contributed by atoms with Gasteiger partial charge in [0.2, 0.25) is 5.95 Å². The molecule has 1 aromatic carbocycles. The molecule has 11 heteroatoms. The highest BCUT2D eigenvalue weighted by molar-refractivity contribution is 7.80. The van der Waals surface area contributed by atoms with Gasteiger partial charge in [-0.05, 0) is 70.4 Å². The summed E-state index contributed by atoms with van der Waals surface area (Å²) in [6, 6.07) is 5.07. The molecular formula is C28H32F2N6O2S. The number of nitrogens with zero attached hydrogens (tertiary/aromatic N) is 5. The van der Waals surface area contributed by atoms with Gasteiger partial charge < -0.3 is 19.4 Å². The van der Waals surface area contributed by atoms with Crippen LogP contribution in [0.15, 0.2) is 43.0 Å². The number of hydrogen-bond acceptors (Lipinski definition) is 6. The number of nitrogens with one attached hydrogen (secondary N) is 1. The van der Waals surface area contributed by atoms with Crippen molar-refractivity contribution >= 4 is 35.6 Å². The lowest BCUT2D eigenvalue weighted by molar-refractivity contribution is 0.102. The molecule has 0 bridgehead atoms. The van der Waals surface area contributed by atoms with E-state index >= 15 is 4.39 Å². The fourth-order valence-corrected chi connectivity index (χ4v) is 5.38. The lowest BCUT2D eigenvalue weighted by atomic mass is 10.00. The summed E-state index contributed by atoms with van der Waals surface area (Å²) in [7, 11) is 0. The zero-order valence-electron chi connectivity index (χ0n) is 22.6. The average molecular weight is 555 g/mol. The largest absolute Gasteiger partial charge is 0.376 e. The fraction of sp³-hybridized carbons (Fsp3) is 0.393. The topological polar surface area (TPSA) is 76.7 Å². The molecule has 39 heavy (non-hydrogen) atoms. The second-order valence-corrected chi connectivity index (χ2v) is 11.2. The van der Waals surface area contributed by atoms with E-state index in [1.54, 1.807) is 40.0 Å². The number of hydrogen-bond donors (Lipinski definition) is 2. The van der Waals surface area contributed by atoms with Crippen LogP contribution in [0.3, 0.4) is 0 Å². The monoisotopic (exact) mass is 554 g/mol. The SMILES string of the molecule is Cc1cc(F)c(NC(=O)c2cnn(C(C)(C)C)c2F)cc1-c1cc(N(CS)[C@@H]2CO[C@@H](C)C2)c2nccn2c1. The van der Waals surface area contributed by atoms with Gasteiger partial charge in [0.05, 0.1) is 47.7 Å². The third-order valence-electron chi connectivity index (χ3n) is 7.01. The number of imidazole rings is 1. The number of rotatable bonds is 6. The highest BCUT2D eigenvalue weighted by atomic mass is 32.1. The van der Waals surface area contributed by atoms with Crippen LogP contribution in [0.4, 0.5) is 20.2 Å². The number of halogens is 2. The summed E-state index contributed by atoms with van der Waals surface area (Å²) in [5, 5.41) is 6.54. The van der Waals surface area contributed by atoms with Crippen molar-refractivity contribution in [2.45, 2.75) is 58.7 Å². The molecule has 1 N–H and O–H groups in total. The summed E-state index contributed by atoms with van der Waals surface area (Å²) < 4.78 is 38.8. The molecule has 1 fully saturated rings. The molecule has 8 nitrogen and oxygen atoms in total. The van der Waals surface area contributed by atoms with E-state index < -0.39 is 23.2 Å². The van der Waals surface area contributed by atoms with Gasteiger partial charge in [-0.1, -0.05) is 0 Å². The Hall–Kier alpha value is -3.44. The van der Waals surface area contributed by atoms with Gasteiger partial charge in [-0.2, -0.15) is 22.1 Å². The van der Waals surface area contributed by atoms with Crippen molar-refractivity contribution in [3.63, 3.8) is 0 Å². The fourth-order valence-electron chi connectivity index (χ4n) is 5.00. The van der Waals surface area contributed by atoms with Crippen molar-refractivity contribution in [1.29, 1.82) is 0 Å². The van der Waals surface area contributed by atoms with Gasteiger partial charge in [-0.3, -0.25) is 4.79 Å². The molecule has 1 aliphatic heterocycles. The van der Waals surface area contributed by atoms with E-state index in [-0.39, 0.29) is 23.4 Å². The van der Waals surface area contributed by atoms with Gasteiger partial charge >= 0.3 is 0 Å². The summed E-state index contributed by atoms with van der Waals surface area (Å²) in [6.45, 7) is 9.77. The van der Waals surface area contributed by atoms with E-state index in [1.807, 2.05) is 22.9 Å². The molecule has 4 aromatic rings. The number of amides is 1. The van der Waals surface area contributed by atoms with Gasteiger partial charge in [-0.15, -0.1) is 0 Å². The van der Waals surface area contributed by atoms with Gasteiger partial charge in [0.1, 0.15) is 11.4 Å². The second-order valence-electron chi connectivity index (χ2n) is 10.9. The first kappa shape index (κ1) is 27.1. The van der Waals surface area contributed by atoms with E-state index in [0.717, 1.165) is 34.2 Å². The molecule has 0 saturated carbocycles. The maximum absolute atomic E-state index is 15.0. The number of carbonyl (C=O) groups excluding carboxylic acids is 1. The molecule has 1 amide bonds. The second kappa shape index (κ2) is 10.3. The normalized spacial score (nSPS) is 17.6. The molecule has 0 radical (unpaired) electrons. The van der Waals surface area contributed by atoms with Crippen LogP contribution in [0.5, 0.6) is 0 Å². The van der Waals surface area contributed by atoms with Crippen LogP contribution in [-0.2, 0) is 10.3 Å². The molecule has 3 aromatic heterocycles. The zero-order chi connectivity index (χ0) is 28.1. The van der Waals surface area contributed by atoms with Crippen LogP contribution in [0.1, 0.15) is 50.0 Å². The third kappa shape index (κ3) is 5.12. The highest BCUT2D eigenvalue weighted by Crippen LogP contribution is 2.35. The first-order valence-corrected chi connectivity index (χ1v) is 13.4. The van der Waals surface area contributed by atoms with Crippen molar-refractivity contribution in [1.82, 2.24) is 19.2 Å².